The van der Waals surface area contributed by atoms with Crippen LogP contribution in [0.15, 0.2) is 22.7 Å². The van der Waals surface area contributed by atoms with Gasteiger partial charge in [0.15, 0.2) is 0 Å². The molecule has 0 aliphatic heterocycles. The molecule has 0 radical (unpaired) electrons. The monoisotopic (exact) mass is 337 g/mol. The van der Waals surface area contributed by atoms with Gasteiger partial charge in [-0.2, -0.15) is 0 Å². The van der Waals surface area contributed by atoms with E-state index in [2.05, 4.69) is 15.9 Å². The molecule has 0 heterocycles. The molecule has 1 aromatic carbocycles. The molecule has 1 amide bonds. The standard InChI is InChI=1S/C12H14BrClFNO2/c1-18-5-4-16(3-2-14)12(17)9-6-10(13)8-11(15)7-9/h6-8H,2-5H2,1H3. The molecule has 0 atom stereocenters. The second-order valence-electron chi connectivity index (χ2n) is 3.63. The minimum Gasteiger partial charge on any atom is -0.383 e. The Balaban J connectivity index is 2.86. The van der Waals surface area contributed by atoms with Crippen LogP contribution in [0.2, 0.25) is 0 Å². The minimum atomic E-state index is -0.453. The van der Waals surface area contributed by atoms with Crippen molar-refractivity contribution in [3.8, 4) is 0 Å². The Kier molecular flexibility index (Phi) is 6.60. The molecule has 0 N–H and O–H groups in total. The molecule has 6 heteroatoms. The van der Waals surface area contributed by atoms with Crippen molar-refractivity contribution < 1.29 is 13.9 Å². The Hall–Kier alpha value is -0.650. The van der Waals surface area contributed by atoms with Crippen LogP contribution in [0, 0.1) is 5.82 Å². The van der Waals surface area contributed by atoms with Crippen molar-refractivity contribution in [1.29, 1.82) is 0 Å². The maximum Gasteiger partial charge on any atom is 0.254 e. The molecule has 0 spiro atoms. The van der Waals surface area contributed by atoms with Gasteiger partial charge in [0.25, 0.3) is 5.91 Å². The fourth-order valence-electron chi connectivity index (χ4n) is 1.48. The van der Waals surface area contributed by atoms with E-state index in [1.165, 1.54) is 17.0 Å². The molecule has 0 aromatic heterocycles. The zero-order valence-electron chi connectivity index (χ0n) is 9.96. The van der Waals surface area contributed by atoms with E-state index in [1.807, 2.05) is 0 Å². The third-order valence-electron chi connectivity index (χ3n) is 2.32. The van der Waals surface area contributed by atoms with Gasteiger partial charge in [-0.25, -0.2) is 4.39 Å². The highest BCUT2D eigenvalue weighted by Crippen LogP contribution is 2.16. The highest BCUT2D eigenvalue weighted by atomic mass is 79.9. The number of ether oxygens (including phenoxy) is 1. The van der Waals surface area contributed by atoms with Gasteiger partial charge in [0.05, 0.1) is 6.61 Å². The summed E-state index contributed by atoms with van der Waals surface area (Å²) in [6.07, 6.45) is 0. The largest absolute Gasteiger partial charge is 0.383 e. The number of carbonyl (C=O) groups is 1. The van der Waals surface area contributed by atoms with E-state index < -0.39 is 5.82 Å². The minimum absolute atomic E-state index is 0.257. The molecule has 0 saturated heterocycles. The van der Waals surface area contributed by atoms with Crippen LogP contribution < -0.4 is 0 Å². The van der Waals surface area contributed by atoms with Crippen molar-refractivity contribution >= 4 is 33.4 Å². The summed E-state index contributed by atoms with van der Waals surface area (Å²) in [5.74, 6) is -0.385. The van der Waals surface area contributed by atoms with Crippen LogP contribution in [-0.4, -0.2) is 43.5 Å². The maximum absolute atomic E-state index is 13.2. The SMILES string of the molecule is COCCN(CCCl)C(=O)c1cc(F)cc(Br)c1. The van der Waals surface area contributed by atoms with E-state index in [0.717, 1.165) is 0 Å². The molecular weight excluding hydrogens is 324 g/mol. The zero-order chi connectivity index (χ0) is 13.5. The third-order valence-corrected chi connectivity index (χ3v) is 2.94. The van der Waals surface area contributed by atoms with Gasteiger partial charge in [-0.05, 0) is 18.2 Å². The number of methoxy groups -OCH3 is 1. The van der Waals surface area contributed by atoms with Crippen molar-refractivity contribution in [3.63, 3.8) is 0 Å². The fraction of sp³-hybridized carbons (Fsp3) is 0.417. The summed E-state index contributed by atoms with van der Waals surface area (Å²) in [5.41, 5.74) is 0.295. The molecule has 0 unspecified atom stereocenters. The lowest BCUT2D eigenvalue weighted by atomic mass is 10.2. The summed E-state index contributed by atoms with van der Waals surface area (Å²) < 4.78 is 18.7. The van der Waals surface area contributed by atoms with Gasteiger partial charge in [0, 0.05) is 36.1 Å². The van der Waals surface area contributed by atoms with Crippen molar-refractivity contribution in [2.75, 3.05) is 32.7 Å². The average Bonchev–Trinajstić information content (AvgIpc) is 2.32. The Bertz CT molecular complexity index is 397. The highest BCUT2D eigenvalue weighted by molar-refractivity contribution is 9.10. The fourth-order valence-corrected chi connectivity index (χ4v) is 2.15. The number of alkyl halides is 1. The first-order chi connectivity index (χ1) is 8.58. The molecular formula is C12H14BrClFNO2. The number of hydrogen-bond donors (Lipinski definition) is 0. The van der Waals surface area contributed by atoms with Gasteiger partial charge in [-0.3, -0.25) is 4.79 Å². The van der Waals surface area contributed by atoms with Crippen molar-refractivity contribution in [1.82, 2.24) is 4.90 Å². The maximum atomic E-state index is 13.2. The Morgan fingerprint density at radius 3 is 2.72 bits per heavy atom. The van der Waals surface area contributed by atoms with Crippen LogP contribution in [0.1, 0.15) is 10.4 Å². The summed E-state index contributed by atoms with van der Waals surface area (Å²) >= 11 is 8.81. The van der Waals surface area contributed by atoms with E-state index in [0.29, 0.717) is 35.6 Å². The van der Waals surface area contributed by atoms with Crippen LogP contribution in [0.4, 0.5) is 4.39 Å². The van der Waals surface area contributed by atoms with E-state index in [1.54, 1.807) is 13.2 Å². The third kappa shape index (κ3) is 4.55. The van der Waals surface area contributed by atoms with E-state index in [-0.39, 0.29) is 5.91 Å². The van der Waals surface area contributed by atoms with Gasteiger partial charge < -0.3 is 9.64 Å². The lowest BCUT2D eigenvalue weighted by Crippen LogP contribution is -2.35. The van der Waals surface area contributed by atoms with Gasteiger partial charge in [-0.15, -0.1) is 11.6 Å². The van der Waals surface area contributed by atoms with Crippen LogP contribution in [0.5, 0.6) is 0 Å². The van der Waals surface area contributed by atoms with E-state index in [9.17, 15) is 9.18 Å². The lowest BCUT2D eigenvalue weighted by molar-refractivity contribution is 0.0707. The van der Waals surface area contributed by atoms with Gasteiger partial charge >= 0.3 is 0 Å². The number of carbonyl (C=O) groups excluding carboxylic acids is 1. The predicted molar refractivity (Wildman–Crippen MR) is 72.6 cm³/mol. The Labute approximate surface area is 119 Å². The summed E-state index contributed by atoms with van der Waals surface area (Å²) in [5, 5.41) is 0. The van der Waals surface area contributed by atoms with Gasteiger partial charge in [0.2, 0.25) is 0 Å². The molecule has 0 fully saturated rings. The number of amides is 1. The van der Waals surface area contributed by atoms with Crippen LogP contribution in [0.25, 0.3) is 0 Å². The first-order valence-electron chi connectivity index (χ1n) is 5.38. The number of benzene rings is 1. The van der Waals surface area contributed by atoms with Gasteiger partial charge in [-0.1, -0.05) is 15.9 Å². The predicted octanol–water partition coefficient (Wildman–Crippen LogP) is 2.92. The molecule has 0 aliphatic rings. The zero-order valence-corrected chi connectivity index (χ0v) is 12.3. The Morgan fingerprint density at radius 2 is 2.17 bits per heavy atom. The Morgan fingerprint density at radius 1 is 1.44 bits per heavy atom. The van der Waals surface area contributed by atoms with Crippen molar-refractivity contribution in [2.24, 2.45) is 0 Å². The summed E-state index contributed by atoms with van der Waals surface area (Å²) in [6, 6.07) is 4.10. The molecule has 100 valence electrons. The van der Waals surface area contributed by atoms with E-state index >= 15 is 0 Å². The number of nitrogens with zero attached hydrogens (tertiary/aromatic N) is 1. The highest BCUT2D eigenvalue weighted by Gasteiger charge is 2.16. The average molecular weight is 339 g/mol. The van der Waals surface area contributed by atoms with E-state index in [4.69, 9.17) is 16.3 Å². The molecule has 3 nitrogen and oxygen atoms in total. The summed E-state index contributed by atoms with van der Waals surface area (Å²) in [7, 11) is 1.56. The summed E-state index contributed by atoms with van der Waals surface area (Å²) in [6.45, 7) is 1.24. The molecule has 18 heavy (non-hydrogen) atoms. The molecule has 1 rings (SSSR count). The number of rotatable bonds is 6. The van der Waals surface area contributed by atoms with Crippen molar-refractivity contribution in [3.05, 3.63) is 34.1 Å². The quantitative estimate of drug-likeness (QED) is 0.747. The van der Waals surface area contributed by atoms with Crippen LogP contribution >= 0.6 is 27.5 Å². The first-order valence-corrected chi connectivity index (χ1v) is 6.71. The summed E-state index contributed by atoms with van der Waals surface area (Å²) in [4.78, 5) is 13.7. The van der Waals surface area contributed by atoms with Crippen LogP contribution in [-0.2, 0) is 4.74 Å². The molecule has 0 bridgehead atoms. The molecule has 0 saturated carbocycles. The molecule has 0 aliphatic carbocycles. The van der Waals surface area contributed by atoms with Crippen LogP contribution in [0.3, 0.4) is 0 Å². The van der Waals surface area contributed by atoms with Gasteiger partial charge in [0.1, 0.15) is 5.82 Å². The lowest BCUT2D eigenvalue weighted by Gasteiger charge is -2.21. The number of hydrogen-bond acceptors (Lipinski definition) is 2. The topological polar surface area (TPSA) is 29.5 Å². The normalized spacial score (nSPS) is 10.4. The van der Waals surface area contributed by atoms with Crippen molar-refractivity contribution in [2.45, 2.75) is 0 Å². The second kappa shape index (κ2) is 7.71. The smallest absolute Gasteiger partial charge is 0.254 e. The molecule has 1 aromatic rings. The first kappa shape index (κ1) is 15.4. The second-order valence-corrected chi connectivity index (χ2v) is 4.93. The number of halogens is 3.